The number of hydrogen-bond acceptors (Lipinski definition) is 14. The van der Waals surface area contributed by atoms with Crippen LogP contribution in [0.2, 0.25) is 0 Å². The molecule has 0 radical (unpaired) electrons. The van der Waals surface area contributed by atoms with Crippen LogP contribution in [-0.2, 0) is 9.47 Å². The molecule has 4 rings (SSSR count). The number of aliphatic hydroxyl groups excluding tert-OH is 8. The minimum absolute atomic E-state index is 0.0384. The molecule has 2 heterocycles. The fraction of sp³-hybridized carbons (Fsp3) is 0.462. The van der Waals surface area contributed by atoms with Crippen molar-refractivity contribution in [2.45, 2.75) is 61.4 Å². The normalized spacial score (nSPS) is 34.6. The predicted molar refractivity (Wildman–Crippen MR) is 134 cm³/mol. The molecular weight excluding hydrogens is 536 g/mol. The van der Waals surface area contributed by atoms with Crippen molar-refractivity contribution in [3.05, 3.63) is 47.5 Å². The van der Waals surface area contributed by atoms with Gasteiger partial charge in [0.15, 0.2) is 0 Å². The topological polar surface area (TPSA) is 239 Å². The van der Waals surface area contributed by atoms with Crippen molar-refractivity contribution in [3.63, 3.8) is 0 Å². The highest BCUT2D eigenvalue weighted by atomic mass is 16.7. The fourth-order valence-electron chi connectivity index (χ4n) is 4.29. The number of hydrogen-bond donors (Lipinski definition) is 10. The summed E-state index contributed by atoms with van der Waals surface area (Å²) in [5.41, 5.74) is 0.724. The van der Waals surface area contributed by atoms with Crippen LogP contribution < -0.4 is 9.47 Å². The Balaban J connectivity index is 1.45. The minimum Gasteiger partial charge on any atom is -0.508 e. The molecule has 220 valence electrons. The third-order valence-electron chi connectivity index (χ3n) is 6.57. The number of benzene rings is 2. The lowest BCUT2D eigenvalue weighted by atomic mass is 9.99. The first-order valence-electron chi connectivity index (χ1n) is 12.3. The van der Waals surface area contributed by atoms with Crippen molar-refractivity contribution in [2.24, 2.45) is 0 Å². The number of phenols is 2. The highest BCUT2D eigenvalue weighted by molar-refractivity contribution is 5.74. The van der Waals surface area contributed by atoms with Gasteiger partial charge in [-0.05, 0) is 29.8 Å². The van der Waals surface area contributed by atoms with E-state index >= 15 is 0 Å². The zero-order chi connectivity index (χ0) is 29.1. The Hall–Kier alpha value is -3.02. The second kappa shape index (κ2) is 12.7. The van der Waals surface area contributed by atoms with Gasteiger partial charge >= 0.3 is 0 Å². The summed E-state index contributed by atoms with van der Waals surface area (Å²) in [6.07, 6.45) is -11.8. The predicted octanol–water partition coefficient (Wildman–Crippen LogP) is -2.37. The first-order chi connectivity index (χ1) is 19.0. The van der Waals surface area contributed by atoms with Crippen LogP contribution in [0.3, 0.4) is 0 Å². The van der Waals surface area contributed by atoms with Crippen LogP contribution >= 0.6 is 0 Å². The summed E-state index contributed by atoms with van der Waals surface area (Å²) in [5, 5.41) is 99.2. The zero-order valence-electron chi connectivity index (χ0n) is 20.9. The van der Waals surface area contributed by atoms with E-state index in [4.69, 9.17) is 18.9 Å². The molecule has 10 atom stereocenters. The summed E-state index contributed by atoms with van der Waals surface area (Å²) in [4.78, 5) is 0. The highest BCUT2D eigenvalue weighted by Gasteiger charge is 2.45. The first-order valence-corrected chi connectivity index (χ1v) is 12.3. The van der Waals surface area contributed by atoms with Crippen LogP contribution in [0.25, 0.3) is 12.2 Å². The number of phenolic OH excluding ortho intramolecular Hbond substituents is 2. The lowest BCUT2D eigenvalue weighted by molar-refractivity contribution is -0.277. The molecule has 2 aromatic carbocycles. The Kier molecular flexibility index (Phi) is 9.48. The first kappa shape index (κ1) is 30.0. The van der Waals surface area contributed by atoms with E-state index in [-0.39, 0.29) is 23.0 Å². The van der Waals surface area contributed by atoms with Gasteiger partial charge in [0.1, 0.15) is 71.8 Å². The summed E-state index contributed by atoms with van der Waals surface area (Å²) in [5.74, 6) is -0.353. The van der Waals surface area contributed by atoms with E-state index in [1.807, 2.05) is 0 Å². The highest BCUT2D eigenvalue weighted by Crippen LogP contribution is 2.31. The fourth-order valence-corrected chi connectivity index (χ4v) is 4.29. The maximum absolute atomic E-state index is 10.5. The molecule has 14 nitrogen and oxygen atoms in total. The summed E-state index contributed by atoms with van der Waals surface area (Å²) < 4.78 is 21.6. The molecular formula is C26H32O14. The van der Waals surface area contributed by atoms with E-state index in [0.717, 1.165) is 0 Å². The van der Waals surface area contributed by atoms with Gasteiger partial charge in [-0.1, -0.05) is 12.2 Å². The Morgan fingerprint density at radius 1 is 0.625 bits per heavy atom. The van der Waals surface area contributed by atoms with Gasteiger partial charge in [-0.3, -0.25) is 0 Å². The molecule has 2 saturated heterocycles. The van der Waals surface area contributed by atoms with Crippen LogP contribution in [0.1, 0.15) is 11.1 Å². The molecule has 40 heavy (non-hydrogen) atoms. The van der Waals surface area contributed by atoms with Crippen LogP contribution in [0.15, 0.2) is 36.4 Å². The van der Waals surface area contributed by atoms with Crippen LogP contribution in [0.4, 0.5) is 0 Å². The molecule has 0 bridgehead atoms. The Morgan fingerprint density at radius 3 is 1.70 bits per heavy atom. The van der Waals surface area contributed by atoms with Gasteiger partial charge in [0.05, 0.1) is 13.2 Å². The smallest absolute Gasteiger partial charge is 0.229 e. The van der Waals surface area contributed by atoms with Gasteiger partial charge in [0.25, 0.3) is 0 Å². The maximum Gasteiger partial charge on any atom is 0.229 e. The standard InChI is InChI=1S/C26H32O14/c27-9-17-19(31)21(33)23(35)25(39-17)37-14-4-3-12(16(30)8-14)2-1-11-5-13(29)7-15(6-11)38-26-24(36)22(34)20(32)18(10-28)40-26/h1-8,17-36H,9-10H2/b2-1+/t17-,18-,19+,20+,21+,22+,23-,24+,25-,26-/m0/s1. The van der Waals surface area contributed by atoms with Crippen molar-refractivity contribution in [2.75, 3.05) is 13.2 Å². The molecule has 2 fully saturated rings. The van der Waals surface area contributed by atoms with Crippen LogP contribution in [0.5, 0.6) is 23.0 Å². The van der Waals surface area contributed by atoms with Gasteiger partial charge in [-0.25, -0.2) is 0 Å². The van der Waals surface area contributed by atoms with E-state index in [0.29, 0.717) is 11.1 Å². The molecule has 2 aliphatic rings. The van der Waals surface area contributed by atoms with Crippen molar-refractivity contribution in [1.29, 1.82) is 0 Å². The minimum atomic E-state index is -1.64. The third kappa shape index (κ3) is 6.47. The molecule has 0 amide bonds. The molecule has 10 N–H and O–H groups in total. The molecule has 14 heteroatoms. The van der Waals surface area contributed by atoms with Gasteiger partial charge in [0.2, 0.25) is 12.6 Å². The Morgan fingerprint density at radius 2 is 1.18 bits per heavy atom. The van der Waals surface area contributed by atoms with Crippen molar-refractivity contribution < 1.29 is 70.0 Å². The van der Waals surface area contributed by atoms with Crippen molar-refractivity contribution in [1.82, 2.24) is 0 Å². The molecule has 0 aliphatic carbocycles. The molecule has 0 saturated carbocycles. The maximum atomic E-state index is 10.5. The largest absolute Gasteiger partial charge is 0.508 e. The van der Waals surface area contributed by atoms with E-state index in [2.05, 4.69) is 0 Å². The van der Waals surface area contributed by atoms with Gasteiger partial charge in [-0.2, -0.15) is 0 Å². The van der Waals surface area contributed by atoms with E-state index in [9.17, 15) is 51.1 Å². The number of ether oxygens (including phenoxy) is 4. The number of rotatable bonds is 8. The Bertz CT molecular complexity index is 1170. The monoisotopic (exact) mass is 568 g/mol. The Labute approximate surface area is 227 Å². The second-order valence-corrected chi connectivity index (χ2v) is 9.44. The average Bonchev–Trinajstić information content (AvgIpc) is 2.93. The van der Waals surface area contributed by atoms with Crippen molar-refractivity contribution >= 4 is 12.2 Å². The number of aromatic hydroxyl groups is 2. The molecule has 2 aromatic rings. The molecule has 0 unspecified atom stereocenters. The molecule has 0 aromatic heterocycles. The second-order valence-electron chi connectivity index (χ2n) is 9.44. The summed E-state index contributed by atoms with van der Waals surface area (Å²) in [6.45, 7) is -1.25. The SMILES string of the molecule is OC[C@@H]1O[C@H](Oc2ccc(/C=C/c3cc(O)cc(O[C@H]4O[C@@H](CO)[C@@H](O)[C@@H](O)[C@H]4O)c3)c(O)c2)[C@@H](O)[C@H](O)[C@@H]1O. The van der Waals surface area contributed by atoms with Crippen molar-refractivity contribution in [3.8, 4) is 23.0 Å². The summed E-state index contributed by atoms with van der Waals surface area (Å²) >= 11 is 0. The summed E-state index contributed by atoms with van der Waals surface area (Å²) in [7, 11) is 0. The van der Waals surface area contributed by atoms with Gasteiger partial charge in [-0.15, -0.1) is 0 Å². The summed E-state index contributed by atoms with van der Waals surface area (Å²) in [6, 6.07) is 8.20. The van der Waals surface area contributed by atoms with Gasteiger partial charge in [0, 0.05) is 17.7 Å². The zero-order valence-corrected chi connectivity index (χ0v) is 20.9. The average molecular weight is 569 g/mol. The lowest BCUT2D eigenvalue weighted by Crippen LogP contribution is -2.60. The number of aliphatic hydroxyl groups is 8. The molecule has 0 spiro atoms. The van der Waals surface area contributed by atoms with E-state index < -0.39 is 74.6 Å². The van der Waals surface area contributed by atoms with Crippen LogP contribution in [0, 0.1) is 0 Å². The van der Waals surface area contributed by atoms with E-state index in [1.165, 1.54) is 48.6 Å². The van der Waals surface area contributed by atoms with Crippen LogP contribution in [-0.4, -0.2) is 126 Å². The quantitative estimate of drug-likeness (QED) is 0.150. The van der Waals surface area contributed by atoms with Gasteiger partial charge < -0.3 is 70.0 Å². The molecule has 2 aliphatic heterocycles. The van der Waals surface area contributed by atoms with E-state index in [1.54, 1.807) is 0 Å². The third-order valence-corrected chi connectivity index (χ3v) is 6.57. The lowest BCUT2D eigenvalue weighted by Gasteiger charge is -2.39.